The predicted octanol–water partition coefficient (Wildman–Crippen LogP) is 5.06. The zero-order valence-corrected chi connectivity index (χ0v) is 19.9. The summed E-state index contributed by atoms with van der Waals surface area (Å²) in [6, 6.07) is 13.3. The number of ether oxygens (including phenoxy) is 1. The second kappa shape index (κ2) is 11.2. The number of hydrogen-bond acceptors (Lipinski definition) is 4. The van der Waals surface area contributed by atoms with Crippen molar-refractivity contribution in [1.29, 1.82) is 0 Å². The van der Waals surface area contributed by atoms with E-state index in [-0.39, 0.29) is 24.4 Å². The molecule has 1 saturated heterocycles. The lowest BCUT2D eigenvalue weighted by molar-refractivity contribution is -0.127. The number of amides is 3. The molecule has 2 aromatic rings. The highest BCUT2D eigenvalue weighted by Crippen LogP contribution is 2.35. The van der Waals surface area contributed by atoms with E-state index in [9.17, 15) is 14.4 Å². The number of nitrogens with one attached hydrogen (secondary N) is 2. The molecule has 1 aliphatic rings. The van der Waals surface area contributed by atoms with Gasteiger partial charge in [-0.25, -0.2) is 4.79 Å². The summed E-state index contributed by atoms with van der Waals surface area (Å²) >= 11 is 6.11. The molecular weight excluding hydrogens is 442 g/mol. The number of rotatable bonds is 9. The number of carbonyl (C=O) groups is 3. The second-order valence-corrected chi connectivity index (χ2v) is 8.68. The van der Waals surface area contributed by atoms with Gasteiger partial charge in [-0.15, -0.1) is 0 Å². The Morgan fingerprint density at radius 1 is 1.15 bits per heavy atom. The first-order chi connectivity index (χ1) is 15.8. The van der Waals surface area contributed by atoms with Gasteiger partial charge in [-0.2, -0.15) is 0 Å². The quantitative estimate of drug-likeness (QED) is 0.535. The Morgan fingerprint density at radius 3 is 2.61 bits per heavy atom. The van der Waals surface area contributed by atoms with Crippen molar-refractivity contribution in [2.75, 3.05) is 5.32 Å². The van der Waals surface area contributed by atoms with Gasteiger partial charge >= 0.3 is 6.09 Å². The highest BCUT2D eigenvalue weighted by atomic mass is 35.5. The van der Waals surface area contributed by atoms with Gasteiger partial charge in [-0.1, -0.05) is 49.7 Å². The van der Waals surface area contributed by atoms with E-state index in [1.54, 1.807) is 42.5 Å². The summed E-state index contributed by atoms with van der Waals surface area (Å²) in [5, 5.41) is 6.38. The lowest BCUT2D eigenvalue weighted by Crippen LogP contribution is -2.48. The fourth-order valence-corrected chi connectivity index (χ4v) is 3.93. The largest absolute Gasteiger partial charge is 0.438 e. The van der Waals surface area contributed by atoms with Crippen LogP contribution in [0.4, 0.5) is 10.5 Å². The third-order valence-corrected chi connectivity index (χ3v) is 5.81. The minimum Gasteiger partial charge on any atom is -0.438 e. The molecule has 1 aliphatic heterocycles. The lowest BCUT2D eigenvalue weighted by Gasteiger charge is -2.26. The van der Waals surface area contributed by atoms with Crippen molar-refractivity contribution < 1.29 is 19.1 Å². The third-order valence-electron chi connectivity index (χ3n) is 5.57. The number of carbonyl (C=O) groups excluding carboxylic acids is 3. The minimum atomic E-state index is -0.868. The maximum Gasteiger partial charge on any atom is 0.411 e. The van der Waals surface area contributed by atoms with Crippen molar-refractivity contribution in [3.05, 3.63) is 64.7 Å². The molecule has 1 fully saturated rings. The first-order valence-corrected chi connectivity index (χ1v) is 11.6. The lowest BCUT2D eigenvalue weighted by atomic mass is 9.99. The molecule has 8 heteroatoms. The molecule has 3 unspecified atom stereocenters. The number of benzene rings is 2. The number of hydrogen-bond donors (Lipinski definition) is 2. The molecular formula is C25H30ClN3O4. The van der Waals surface area contributed by atoms with Crippen LogP contribution in [0.15, 0.2) is 48.5 Å². The maximum absolute atomic E-state index is 13.3. The van der Waals surface area contributed by atoms with Crippen LogP contribution in [0.1, 0.15) is 57.3 Å². The van der Waals surface area contributed by atoms with Crippen molar-refractivity contribution in [2.45, 2.75) is 64.8 Å². The topological polar surface area (TPSA) is 87.7 Å². The molecule has 3 atom stereocenters. The summed E-state index contributed by atoms with van der Waals surface area (Å²) in [5.74, 6) is -0.380. The zero-order chi connectivity index (χ0) is 24.0. The number of cyclic esters (lactones) is 1. The molecule has 0 bridgehead atoms. The van der Waals surface area contributed by atoms with Crippen LogP contribution in [-0.2, 0) is 20.9 Å². The predicted molar refractivity (Wildman–Crippen MR) is 128 cm³/mol. The van der Waals surface area contributed by atoms with E-state index in [0.717, 1.165) is 18.4 Å². The highest BCUT2D eigenvalue weighted by molar-refractivity contribution is 6.30. The molecule has 0 aliphatic carbocycles. The van der Waals surface area contributed by atoms with E-state index in [1.165, 1.54) is 4.90 Å². The Bertz CT molecular complexity index is 1010. The van der Waals surface area contributed by atoms with E-state index in [0.29, 0.717) is 22.7 Å². The molecule has 176 valence electrons. The van der Waals surface area contributed by atoms with Gasteiger partial charge in [0, 0.05) is 23.2 Å². The molecule has 33 heavy (non-hydrogen) atoms. The average molecular weight is 472 g/mol. The molecule has 2 aromatic carbocycles. The summed E-state index contributed by atoms with van der Waals surface area (Å²) in [4.78, 5) is 39.6. The molecule has 2 N–H and O–H groups in total. The normalized spacial score (nSPS) is 18.5. The van der Waals surface area contributed by atoms with Gasteiger partial charge in [-0.05, 0) is 55.2 Å². The summed E-state index contributed by atoms with van der Waals surface area (Å²) in [5.41, 5.74) is 2.02. The van der Waals surface area contributed by atoms with Crippen molar-refractivity contribution in [1.82, 2.24) is 10.2 Å². The number of nitrogens with zero attached hydrogens (tertiary/aromatic N) is 1. The average Bonchev–Trinajstić information content (AvgIpc) is 3.10. The Hall–Kier alpha value is -3.06. The van der Waals surface area contributed by atoms with E-state index in [4.69, 9.17) is 16.3 Å². The number of anilines is 1. The van der Waals surface area contributed by atoms with E-state index < -0.39 is 18.2 Å². The van der Waals surface area contributed by atoms with E-state index in [1.807, 2.05) is 26.8 Å². The first kappa shape index (κ1) is 24.6. The fourth-order valence-electron chi connectivity index (χ4n) is 3.72. The smallest absolute Gasteiger partial charge is 0.411 e. The molecule has 7 nitrogen and oxygen atoms in total. The van der Waals surface area contributed by atoms with Gasteiger partial charge in [0.15, 0.2) is 12.1 Å². The molecule has 3 amide bonds. The third kappa shape index (κ3) is 6.26. The molecule has 0 spiro atoms. The molecule has 1 heterocycles. The Kier molecular flexibility index (Phi) is 8.33. The van der Waals surface area contributed by atoms with Gasteiger partial charge in [0.2, 0.25) is 11.8 Å². The first-order valence-electron chi connectivity index (χ1n) is 11.2. The summed E-state index contributed by atoms with van der Waals surface area (Å²) in [7, 11) is 0. The van der Waals surface area contributed by atoms with Gasteiger partial charge in [0.1, 0.15) is 0 Å². The minimum absolute atomic E-state index is 0.0541. The van der Waals surface area contributed by atoms with Crippen LogP contribution in [0.5, 0.6) is 0 Å². The molecule has 0 radical (unpaired) electrons. The van der Waals surface area contributed by atoms with E-state index in [2.05, 4.69) is 10.6 Å². The van der Waals surface area contributed by atoms with Crippen LogP contribution < -0.4 is 10.6 Å². The van der Waals surface area contributed by atoms with Crippen molar-refractivity contribution in [2.24, 2.45) is 0 Å². The molecule has 0 saturated carbocycles. The van der Waals surface area contributed by atoms with Crippen LogP contribution in [0.3, 0.4) is 0 Å². The second-order valence-electron chi connectivity index (χ2n) is 8.25. The maximum atomic E-state index is 13.3. The summed E-state index contributed by atoms with van der Waals surface area (Å²) < 4.78 is 5.70. The zero-order valence-electron chi connectivity index (χ0n) is 19.1. The molecule has 3 rings (SSSR count). The fraction of sp³-hybridized carbons (Fsp3) is 0.400. The van der Waals surface area contributed by atoms with Crippen molar-refractivity contribution in [3.8, 4) is 0 Å². The van der Waals surface area contributed by atoms with Crippen molar-refractivity contribution in [3.63, 3.8) is 0 Å². The van der Waals surface area contributed by atoms with Gasteiger partial charge in [0.05, 0.1) is 6.54 Å². The Morgan fingerprint density at radius 2 is 1.91 bits per heavy atom. The van der Waals surface area contributed by atoms with Crippen LogP contribution in [-0.4, -0.2) is 34.9 Å². The van der Waals surface area contributed by atoms with Gasteiger partial charge in [0.25, 0.3) is 0 Å². The van der Waals surface area contributed by atoms with Crippen LogP contribution in [0, 0.1) is 0 Å². The van der Waals surface area contributed by atoms with Crippen LogP contribution in [0.25, 0.3) is 0 Å². The monoisotopic (exact) mass is 471 g/mol. The van der Waals surface area contributed by atoms with Crippen LogP contribution in [0.2, 0.25) is 5.02 Å². The Labute approximate surface area is 199 Å². The van der Waals surface area contributed by atoms with Gasteiger partial charge in [-0.3, -0.25) is 14.5 Å². The summed E-state index contributed by atoms with van der Waals surface area (Å²) in [6.07, 6.45) is 0.511. The van der Waals surface area contributed by atoms with Crippen LogP contribution >= 0.6 is 11.6 Å². The van der Waals surface area contributed by atoms with Crippen molar-refractivity contribution >= 4 is 35.2 Å². The highest BCUT2D eigenvalue weighted by Gasteiger charge is 2.47. The SMILES string of the molecule is CCCC(=O)Nc1cccc(C2OC(=O)N(Cc3cccc(Cl)c3)C2C(=O)NC(C)CC)c1. The standard InChI is InChI=1S/C25H30ClN3O4/c1-4-8-21(30)28-20-12-7-10-18(14-20)23-22(24(31)27-16(3)5-2)29(25(32)33-23)15-17-9-6-11-19(26)13-17/h6-7,9-14,16,22-23H,4-5,8,15H2,1-3H3,(H,27,31)(H,28,30). The van der Waals surface area contributed by atoms with Gasteiger partial charge < -0.3 is 15.4 Å². The molecule has 0 aromatic heterocycles. The van der Waals surface area contributed by atoms with E-state index >= 15 is 0 Å². The summed E-state index contributed by atoms with van der Waals surface area (Å²) in [6.45, 7) is 6.01. The number of halogens is 1. The Balaban J connectivity index is 1.91.